The number of H-pyrrole nitrogens is 1. The van der Waals surface area contributed by atoms with Crippen molar-refractivity contribution < 1.29 is 4.79 Å². The van der Waals surface area contributed by atoms with Crippen LogP contribution in [0.15, 0.2) is 46.0 Å². The fourth-order valence-corrected chi connectivity index (χ4v) is 3.53. The summed E-state index contributed by atoms with van der Waals surface area (Å²) >= 11 is 1.61. The van der Waals surface area contributed by atoms with E-state index in [4.69, 9.17) is 0 Å². The number of rotatable bonds is 5. The summed E-state index contributed by atoms with van der Waals surface area (Å²) in [6.45, 7) is 6.52. The van der Waals surface area contributed by atoms with Crippen molar-refractivity contribution in [1.82, 2.24) is 9.88 Å². The Morgan fingerprint density at radius 2 is 2.12 bits per heavy atom. The molecule has 0 saturated carbocycles. The van der Waals surface area contributed by atoms with Crippen LogP contribution in [0.2, 0.25) is 0 Å². The van der Waals surface area contributed by atoms with Gasteiger partial charge in [0, 0.05) is 29.7 Å². The topological polar surface area (TPSA) is 53.2 Å². The molecule has 2 heterocycles. The highest BCUT2D eigenvalue weighted by atomic mass is 32.1. The zero-order valence-electron chi connectivity index (χ0n) is 14.7. The molecule has 130 valence electrons. The molecule has 4 nitrogen and oxygen atoms in total. The molecule has 2 aromatic heterocycles. The SMILES string of the molecule is CCC(C)N(Cc1ccsc1)C(=O)c1c[nH]c2ccc(C)cc2c1=O. The van der Waals surface area contributed by atoms with E-state index in [1.54, 1.807) is 22.4 Å². The fraction of sp³-hybridized carbons (Fsp3) is 0.300. The van der Waals surface area contributed by atoms with Crippen LogP contribution in [0.5, 0.6) is 0 Å². The third-order valence-corrected chi connectivity index (χ3v) is 5.32. The number of thiophene rings is 1. The van der Waals surface area contributed by atoms with Gasteiger partial charge in [0.15, 0.2) is 0 Å². The summed E-state index contributed by atoms with van der Waals surface area (Å²) < 4.78 is 0. The Morgan fingerprint density at radius 3 is 2.80 bits per heavy atom. The van der Waals surface area contributed by atoms with E-state index in [1.165, 1.54) is 0 Å². The summed E-state index contributed by atoms with van der Waals surface area (Å²) in [5.74, 6) is -0.217. The quantitative estimate of drug-likeness (QED) is 0.741. The highest BCUT2D eigenvalue weighted by molar-refractivity contribution is 7.07. The number of aryl methyl sites for hydroxylation is 1. The molecule has 0 saturated heterocycles. The molecule has 1 atom stereocenters. The normalized spacial score (nSPS) is 12.3. The van der Waals surface area contributed by atoms with E-state index in [9.17, 15) is 9.59 Å². The molecule has 3 rings (SSSR count). The molecule has 1 unspecified atom stereocenters. The Labute approximate surface area is 151 Å². The highest BCUT2D eigenvalue weighted by Crippen LogP contribution is 2.17. The molecular weight excluding hydrogens is 332 g/mol. The number of aromatic nitrogens is 1. The van der Waals surface area contributed by atoms with Gasteiger partial charge < -0.3 is 9.88 Å². The number of benzene rings is 1. The molecule has 25 heavy (non-hydrogen) atoms. The number of nitrogens with zero attached hydrogens (tertiary/aromatic N) is 1. The van der Waals surface area contributed by atoms with Crippen LogP contribution in [0.1, 0.15) is 41.8 Å². The molecule has 0 radical (unpaired) electrons. The van der Waals surface area contributed by atoms with Crippen molar-refractivity contribution >= 4 is 28.1 Å². The van der Waals surface area contributed by atoms with Gasteiger partial charge in [0.05, 0.1) is 0 Å². The van der Waals surface area contributed by atoms with Crippen LogP contribution in [0, 0.1) is 6.92 Å². The Morgan fingerprint density at radius 1 is 1.32 bits per heavy atom. The summed E-state index contributed by atoms with van der Waals surface area (Å²) in [6, 6.07) is 7.72. The van der Waals surface area contributed by atoms with Crippen LogP contribution in [-0.4, -0.2) is 21.8 Å². The van der Waals surface area contributed by atoms with Crippen molar-refractivity contribution in [3.8, 4) is 0 Å². The van der Waals surface area contributed by atoms with E-state index in [-0.39, 0.29) is 22.9 Å². The second kappa shape index (κ2) is 7.23. The predicted molar refractivity (Wildman–Crippen MR) is 103 cm³/mol. The number of nitrogens with one attached hydrogen (secondary N) is 1. The molecule has 0 fully saturated rings. The molecule has 5 heteroatoms. The minimum absolute atomic E-state index is 0.0556. The maximum absolute atomic E-state index is 13.1. The number of pyridine rings is 1. The Balaban J connectivity index is 2.03. The lowest BCUT2D eigenvalue weighted by atomic mass is 10.1. The highest BCUT2D eigenvalue weighted by Gasteiger charge is 2.24. The molecule has 0 spiro atoms. The average Bonchev–Trinajstić information content (AvgIpc) is 3.12. The van der Waals surface area contributed by atoms with E-state index < -0.39 is 0 Å². The van der Waals surface area contributed by atoms with Crippen LogP contribution in [-0.2, 0) is 6.54 Å². The molecule has 0 aliphatic heterocycles. The van der Waals surface area contributed by atoms with Crippen LogP contribution in [0.3, 0.4) is 0 Å². The van der Waals surface area contributed by atoms with Crippen LogP contribution >= 0.6 is 11.3 Å². The van der Waals surface area contributed by atoms with Crippen LogP contribution in [0.4, 0.5) is 0 Å². The smallest absolute Gasteiger partial charge is 0.259 e. The van der Waals surface area contributed by atoms with Gasteiger partial charge in [0.2, 0.25) is 5.43 Å². The number of amides is 1. The van der Waals surface area contributed by atoms with E-state index in [0.29, 0.717) is 11.9 Å². The first-order valence-corrected chi connectivity index (χ1v) is 9.39. The van der Waals surface area contributed by atoms with Gasteiger partial charge in [-0.3, -0.25) is 9.59 Å². The number of carbonyl (C=O) groups excluding carboxylic acids is 1. The van der Waals surface area contributed by atoms with E-state index in [2.05, 4.69) is 4.98 Å². The van der Waals surface area contributed by atoms with Crippen LogP contribution < -0.4 is 5.43 Å². The third kappa shape index (κ3) is 3.51. The summed E-state index contributed by atoms with van der Waals surface area (Å²) in [5, 5.41) is 4.60. The zero-order valence-corrected chi connectivity index (χ0v) is 15.5. The first kappa shape index (κ1) is 17.4. The summed E-state index contributed by atoms with van der Waals surface area (Å²) in [5.41, 5.74) is 2.83. The fourth-order valence-electron chi connectivity index (χ4n) is 2.87. The summed E-state index contributed by atoms with van der Waals surface area (Å²) in [7, 11) is 0. The molecular formula is C20H22N2O2S. The molecule has 1 N–H and O–H groups in total. The number of fused-ring (bicyclic) bond motifs is 1. The lowest BCUT2D eigenvalue weighted by Crippen LogP contribution is -2.39. The molecule has 1 aromatic carbocycles. The first-order chi connectivity index (χ1) is 12.0. The van der Waals surface area contributed by atoms with Crippen molar-refractivity contribution in [2.24, 2.45) is 0 Å². The minimum Gasteiger partial charge on any atom is -0.360 e. The molecule has 0 bridgehead atoms. The van der Waals surface area contributed by atoms with Gasteiger partial charge in [0.1, 0.15) is 5.56 Å². The molecule has 3 aromatic rings. The predicted octanol–water partition coefficient (Wildman–Crippen LogP) is 4.34. The third-order valence-electron chi connectivity index (χ3n) is 4.58. The van der Waals surface area contributed by atoms with Gasteiger partial charge in [-0.2, -0.15) is 11.3 Å². The molecule has 0 aliphatic rings. The maximum Gasteiger partial charge on any atom is 0.259 e. The standard InChI is InChI=1S/C20H22N2O2S/c1-4-14(3)22(11-15-7-8-25-12-15)20(24)17-10-21-18-6-5-13(2)9-16(18)19(17)23/h5-10,12,14H,4,11H2,1-3H3,(H,21,23). The van der Waals surface area contributed by atoms with E-state index >= 15 is 0 Å². The van der Waals surface area contributed by atoms with E-state index in [0.717, 1.165) is 23.1 Å². The van der Waals surface area contributed by atoms with Crippen LogP contribution in [0.25, 0.3) is 10.9 Å². The Kier molecular flexibility index (Phi) is 5.04. The lowest BCUT2D eigenvalue weighted by molar-refractivity contribution is 0.0670. The largest absolute Gasteiger partial charge is 0.360 e. The van der Waals surface area contributed by atoms with Crippen molar-refractivity contribution in [3.05, 3.63) is 68.1 Å². The van der Waals surface area contributed by atoms with Crippen molar-refractivity contribution in [3.63, 3.8) is 0 Å². The van der Waals surface area contributed by atoms with Gasteiger partial charge >= 0.3 is 0 Å². The number of carbonyl (C=O) groups is 1. The Bertz CT molecular complexity index is 944. The zero-order chi connectivity index (χ0) is 18.0. The number of hydrogen-bond acceptors (Lipinski definition) is 3. The van der Waals surface area contributed by atoms with Gasteiger partial charge in [-0.15, -0.1) is 0 Å². The lowest BCUT2D eigenvalue weighted by Gasteiger charge is -2.28. The Hall–Kier alpha value is -2.40. The van der Waals surface area contributed by atoms with E-state index in [1.807, 2.05) is 55.8 Å². The first-order valence-electron chi connectivity index (χ1n) is 8.45. The molecule has 1 amide bonds. The van der Waals surface area contributed by atoms with Gasteiger partial charge in [-0.25, -0.2) is 0 Å². The summed E-state index contributed by atoms with van der Waals surface area (Å²) in [4.78, 5) is 30.9. The van der Waals surface area contributed by atoms with Gasteiger partial charge in [-0.05, 0) is 54.8 Å². The summed E-state index contributed by atoms with van der Waals surface area (Å²) in [6.07, 6.45) is 2.38. The number of aromatic amines is 1. The maximum atomic E-state index is 13.1. The number of hydrogen-bond donors (Lipinski definition) is 1. The van der Waals surface area contributed by atoms with Gasteiger partial charge in [-0.1, -0.05) is 18.6 Å². The van der Waals surface area contributed by atoms with Crippen molar-refractivity contribution in [2.75, 3.05) is 0 Å². The molecule has 0 aliphatic carbocycles. The van der Waals surface area contributed by atoms with Crippen molar-refractivity contribution in [1.29, 1.82) is 0 Å². The van der Waals surface area contributed by atoms with Gasteiger partial charge in [0.25, 0.3) is 5.91 Å². The average molecular weight is 354 g/mol. The second-order valence-electron chi connectivity index (χ2n) is 6.40. The second-order valence-corrected chi connectivity index (χ2v) is 7.18. The monoisotopic (exact) mass is 354 g/mol. The van der Waals surface area contributed by atoms with Crippen molar-refractivity contribution in [2.45, 2.75) is 39.8 Å². The minimum atomic E-state index is -0.217.